The Kier molecular flexibility index (Phi) is 9.34. The molecule has 25 heavy (non-hydrogen) atoms. The maximum Gasteiger partial charge on any atom is 0.330 e. The quantitative estimate of drug-likeness (QED) is 0.668. The van der Waals surface area contributed by atoms with E-state index in [1.54, 1.807) is 0 Å². The van der Waals surface area contributed by atoms with Crippen molar-refractivity contribution in [2.45, 2.75) is 50.7 Å². The van der Waals surface area contributed by atoms with E-state index in [-0.39, 0.29) is 4.75 Å². The largest absolute Gasteiger partial charge is 0.400 e. The van der Waals surface area contributed by atoms with Crippen LogP contribution in [-0.4, -0.2) is 56.0 Å². The van der Waals surface area contributed by atoms with E-state index < -0.39 is 33.9 Å². The van der Waals surface area contributed by atoms with E-state index in [4.69, 9.17) is 9.84 Å². The summed E-state index contributed by atoms with van der Waals surface area (Å²) in [5, 5.41) is 7.00. The van der Waals surface area contributed by atoms with Crippen molar-refractivity contribution in [3.05, 3.63) is 33.1 Å². The van der Waals surface area contributed by atoms with Crippen LogP contribution in [0.2, 0.25) is 0 Å². The Hall–Kier alpha value is -1.42. The molecule has 146 valence electrons. The van der Waals surface area contributed by atoms with Crippen molar-refractivity contribution < 1.29 is 19.2 Å². The van der Waals surface area contributed by atoms with Crippen molar-refractivity contribution >= 4 is 16.6 Å². The van der Waals surface area contributed by atoms with Crippen molar-refractivity contribution in [2.24, 2.45) is 0 Å². The lowest BCUT2D eigenvalue weighted by Gasteiger charge is -2.38. The van der Waals surface area contributed by atoms with Crippen LogP contribution in [0.3, 0.4) is 0 Å². The molecule has 0 amide bonds. The zero-order valence-corrected chi connectivity index (χ0v) is 16.5. The molecule has 1 fully saturated rings. The number of carbonyl (C=O) groups is 1. The molecule has 1 unspecified atom stereocenters. The normalized spacial score (nSPS) is 20.6. The summed E-state index contributed by atoms with van der Waals surface area (Å²) in [5.41, 5.74) is -0.958. The number of rotatable bonds is 2. The Morgan fingerprint density at radius 3 is 2.16 bits per heavy atom. The third-order valence-corrected chi connectivity index (χ3v) is 6.84. The number of aliphatic hydroxyl groups excluding tert-OH is 1. The van der Waals surface area contributed by atoms with Gasteiger partial charge in [-0.05, 0) is 25.4 Å². The highest BCUT2D eigenvalue weighted by Gasteiger charge is 2.26. The minimum absolute atomic E-state index is 0.0764. The summed E-state index contributed by atoms with van der Waals surface area (Å²) < 4.78 is 16.1. The molecular weight excluding hydrogens is 348 g/mol. The Bertz CT molecular complexity index is 629. The Morgan fingerprint density at radius 2 is 1.80 bits per heavy atom. The lowest BCUT2D eigenvalue weighted by Crippen LogP contribution is -2.31. The standard InChI is InChI=1S/C9H10N2O4.C6H16OS.CH4O/c12-5-6-1-2-8(15-6)11-4-3-7(13)10-9(11)14;1-6(2,3)8(4,5)7;1-2/h3-6,8H,1-2H2,(H,10,13,14);7H,1-5H3;2H,1H3/t6-,8?;;/m0../s1. The van der Waals surface area contributed by atoms with Gasteiger partial charge < -0.3 is 19.2 Å². The fraction of sp³-hybridized carbons (Fsp3) is 0.688. The molecule has 0 spiro atoms. The van der Waals surface area contributed by atoms with Crippen LogP contribution in [0, 0.1) is 0 Å². The summed E-state index contributed by atoms with van der Waals surface area (Å²) in [6, 6.07) is 1.25. The van der Waals surface area contributed by atoms with Crippen molar-refractivity contribution in [1.82, 2.24) is 9.55 Å². The van der Waals surface area contributed by atoms with Gasteiger partial charge in [-0.3, -0.25) is 14.3 Å². The highest BCUT2D eigenvalue weighted by atomic mass is 32.3. The summed E-state index contributed by atoms with van der Waals surface area (Å²) >= 11 is 0. The molecule has 0 bridgehead atoms. The number of nitrogens with one attached hydrogen (secondary N) is 1. The number of ether oxygens (including phenoxy) is 1. The average molecular weight is 378 g/mol. The van der Waals surface area contributed by atoms with Gasteiger partial charge in [0, 0.05) is 24.1 Å². The van der Waals surface area contributed by atoms with Crippen LogP contribution in [0.15, 0.2) is 21.9 Å². The van der Waals surface area contributed by atoms with E-state index in [2.05, 4.69) is 25.8 Å². The molecule has 1 aromatic heterocycles. The molecule has 2 rings (SSSR count). The number of hydrogen-bond donors (Lipinski definition) is 3. The monoisotopic (exact) mass is 378 g/mol. The smallest absolute Gasteiger partial charge is 0.330 e. The second-order valence-corrected chi connectivity index (χ2v) is 10.5. The molecule has 0 saturated carbocycles. The molecule has 1 aliphatic rings. The van der Waals surface area contributed by atoms with E-state index >= 15 is 0 Å². The number of aliphatic hydroxyl groups is 1. The number of aromatic nitrogens is 2. The van der Waals surface area contributed by atoms with Crippen molar-refractivity contribution in [2.75, 3.05) is 19.6 Å². The molecule has 0 radical (unpaired) electrons. The van der Waals surface area contributed by atoms with Gasteiger partial charge in [-0.1, -0.05) is 20.8 Å². The fourth-order valence-corrected chi connectivity index (χ4v) is 1.60. The first-order valence-electron chi connectivity index (χ1n) is 7.78. The molecule has 1 aliphatic heterocycles. The Morgan fingerprint density at radius 1 is 1.28 bits per heavy atom. The second-order valence-electron chi connectivity index (χ2n) is 6.75. The number of H-pyrrole nitrogens is 1. The molecule has 3 N–H and O–H groups in total. The third kappa shape index (κ3) is 7.55. The number of aldehydes is 1. The predicted octanol–water partition coefficient (Wildman–Crippen LogP) is 1.34. The molecule has 8 nitrogen and oxygen atoms in total. The summed E-state index contributed by atoms with van der Waals surface area (Å²) in [4.78, 5) is 34.8. The molecular formula is C16H30N2O6S. The van der Waals surface area contributed by atoms with Gasteiger partial charge in [-0.2, -0.15) is 0 Å². The summed E-state index contributed by atoms with van der Waals surface area (Å²) in [5.74, 6) is 0. The summed E-state index contributed by atoms with van der Waals surface area (Å²) in [6.45, 7) is 6.17. The van der Waals surface area contributed by atoms with E-state index in [1.165, 1.54) is 16.8 Å². The zero-order chi connectivity index (χ0) is 19.8. The van der Waals surface area contributed by atoms with Crippen LogP contribution in [-0.2, 0) is 9.53 Å². The van der Waals surface area contributed by atoms with Crippen LogP contribution in [0.5, 0.6) is 0 Å². The summed E-state index contributed by atoms with van der Waals surface area (Å²) in [7, 11) is -0.340. The van der Waals surface area contributed by atoms with Crippen LogP contribution in [0.4, 0.5) is 0 Å². The van der Waals surface area contributed by atoms with Crippen LogP contribution >= 0.6 is 10.3 Å². The summed E-state index contributed by atoms with van der Waals surface area (Å²) in [6.07, 6.45) is 6.20. The molecule has 0 aromatic carbocycles. The van der Waals surface area contributed by atoms with Gasteiger partial charge in [-0.25, -0.2) is 4.79 Å². The predicted molar refractivity (Wildman–Crippen MR) is 100 cm³/mol. The maximum atomic E-state index is 11.4. The number of carbonyl (C=O) groups excluding carboxylic acids is 1. The number of nitrogens with zero attached hydrogens (tertiary/aromatic N) is 1. The SMILES string of the molecule is CC(C)(C)S(C)(C)O.CO.O=C[C@@H]1CCC(n2ccc(=O)[nH]c2=O)O1. The lowest BCUT2D eigenvalue weighted by atomic mass is 10.2. The van der Waals surface area contributed by atoms with E-state index in [0.29, 0.717) is 12.8 Å². The Balaban J connectivity index is 0.000000493. The number of hydrogen-bond acceptors (Lipinski definition) is 6. The van der Waals surface area contributed by atoms with Gasteiger partial charge in [0.05, 0.1) is 0 Å². The van der Waals surface area contributed by atoms with Crippen LogP contribution in [0.25, 0.3) is 0 Å². The van der Waals surface area contributed by atoms with Gasteiger partial charge in [0.2, 0.25) is 0 Å². The minimum atomic E-state index is -1.34. The topological polar surface area (TPSA) is 122 Å². The second kappa shape index (κ2) is 9.91. The van der Waals surface area contributed by atoms with Crippen molar-refractivity contribution in [3.8, 4) is 0 Å². The fourth-order valence-electron chi connectivity index (χ4n) is 1.60. The highest BCUT2D eigenvalue weighted by molar-refractivity contribution is 8.29. The maximum absolute atomic E-state index is 11.4. The van der Waals surface area contributed by atoms with Gasteiger partial charge >= 0.3 is 5.69 Å². The van der Waals surface area contributed by atoms with Crippen molar-refractivity contribution in [1.29, 1.82) is 0 Å². The van der Waals surface area contributed by atoms with Crippen LogP contribution < -0.4 is 11.2 Å². The van der Waals surface area contributed by atoms with E-state index in [9.17, 15) is 18.9 Å². The molecule has 2 heterocycles. The number of aromatic amines is 1. The van der Waals surface area contributed by atoms with Gasteiger partial charge in [0.15, 0.2) is 0 Å². The van der Waals surface area contributed by atoms with E-state index in [1.807, 2.05) is 12.5 Å². The van der Waals surface area contributed by atoms with Crippen molar-refractivity contribution in [3.63, 3.8) is 0 Å². The van der Waals surface area contributed by atoms with E-state index in [0.717, 1.165) is 13.4 Å². The third-order valence-electron chi connectivity index (χ3n) is 3.84. The first-order valence-corrected chi connectivity index (χ1v) is 10.2. The van der Waals surface area contributed by atoms with Crippen LogP contribution in [0.1, 0.15) is 39.8 Å². The molecule has 1 saturated heterocycles. The molecule has 1 aromatic rings. The van der Waals surface area contributed by atoms with Gasteiger partial charge in [-0.15, -0.1) is 10.3 Å². The minimum Gasteiger partial charge on any atom is -0.400 e. The first kappa shape index (κ1) is 23.6. The van der Waals surface area contributed by atoms with Gasteiger partial charge in [0.25, 0.3) is 5.56 Å². The Labute approximate surface area is 149 Å². The zero-order valence-electron chi connectivity index (χ0n) is 15.7. The first-order chi connectivity index (χ1) is 11.5. The molecule has 2 atom stereocenters. The van der Waals surface area contributed by atoms with Gasteiger partial charge in [0.1, 0.15) is 18.6 Å². The lowest BCUT2D eigenvalue weighted by molar-refractivity contribution is -0.119. The molecule has 0 aliphatic carbocycles. The molecule has 9 heteroatoms. The highest BCUT2D eigenvalue weighted by Crippen LogP contribution is 2.48. The average Bonchev–Trinajstić information content (AvgIpc) is 2.96.